The van der Waals surface area contributed by atoms with E-state index in [2.05, 4.69) is 39.0 Å². The van der Waals surface area contributed by atoms with Gasteiger partial charge in [-0.1, -0.05) is 6.07 Å². The topological polar surface area (TPSA) is 42.7 Å². The van der Waals surface area contributed by atoms with Crippen molar-refractivity contribution >= 4 is 22.4 Å². The fourth-order valence-electron chi connectivity index (χ4n) is 2.35. The second kappa shape index (κ2) is 5.73. The number of pyridine rings is 1. The van der Waals surface area contributed by atoms with Crippen molar-refractivity contribution in [2.24, 2.45) is 7.05 Å². The normalized spacial score (nSPS) is 11.3. The maximum absolute atomic E-state index is 4.49. The van der Waals surface area contributed by atoms with Gasteiger partial charge >= 0.3 is 0 Å². The molecule has 0 saturated carbocycles. The lowest BCUT2D eigenvalue weighted by Crippen LogP contribution is -2.16. The average molecular weight is 286 g/mol. The van der Waals surface area contributed by atoms with E-state index < -0.39 is 0 Å². The summed E-state index contributed by atoms with van der Waals surface area (Å²) in [6, 6.07) is 6.46. The average Bonchev–Trinajstić information content (AvgIpc) is 3.05. The van der Waals surface area contributed by atoms with Crippen LogP contribution in [0.2, 0.25) is 0 Å². The van der Waals surface area contributed by atoms with Crippen LogP contribution in [0.1, 0.15) is 16.1 Å². The van der Waals surface area contributed by atoms with E-state index in [1.165, 1.54) is 10.4 Å². The Morgan fingerprint density at radius 1 is 1.40 bits per heavy atom. The summed E-state index contributed by atoms with van der Waals surface area (Å²) in [5, 5.41) is 11.1. The van der Waals surface area contributed by atoms with E-state index >= 15 is 0 Å². The van der Waals surface area contributed by atoms with Crippen molar-refractivity contribution in [3.63, 3.8) is 0 Å². The van der Waals surface area contributed by atoms with Crippen molar-refractivity contribution in [1.29, 1.82) is 0 Å². The van der Waals surface area contributed by atoms with Crippen LogP contribution in [0.5, 0.6) is 0 Å². The minimum Gasteiger partial charge on any atom is -0.312 e. The lowest BCUT2D eigenvalue weighted by Gasteiger charge is -2.04. The first kappa shape index (κ1) is 13.3. The highest BCUT2D eigenvalue weighted by molar-refractivity contribution is 7.09. The summed E-state index contributed by atoms with van der Waals surface area (Å²) >= 11 is 1.81. The van der Waals surface area contributed by atoms with Gasteiger partial charge in [0.15, 0.2) is 5.65 Å². The SMILES string of the molecule is Cc1nn(C)c2ncc(CNCCc3cccs3)cc12. The zero-order valence-corrected chi connectivity index (χ0v) is 12.6. The second-order valence-corrected chi connectivity index (χ2v) is 5.96. The second-order valence-electron chi connectivity index (χ2n) is 4.93. The number of fused-ring (bicyclic) bond motifs is 1. The summed E-state index contributed by atoms with van der Waals surface area (Å²) in [7, 11) is 1.93. The Labute approximate surface area is 122 Å². The molecule has 0 saturated heterocycles. The highest BCUT2D eigenvalue weighted by Crippen LogP contribution is 2.16. The van der Waals surface area contributed by atoms with Crippen molar-refractivity contribution in [1.82, 2.24) is 20.1 Å². The molecule has 0 fully saturated rings. The van der Waals surface area contributed by atoms with Crippen LogP contribution in [-0.2, 0) is 20.0 Å². The first-order valence-corrected chi connectivity index (χ1v) is 7.63. The summed E-state index contributed by atoms with van der Waals surface area (Å²) in [4.78, 5) is 5.92. The summed E-state index contributed by atoms with van der Waals surface area (Å²) in [6.07, 6.45) is 3.01. The van der Waals surface area contributed by atoms with E-state index in [1.807, 2.05) is 36.2 Å². The summed E-state index contributed by atoms with van der Waals surface area (Å²) < 4.78 is 1.83. The van der Waals surface area contributed by atoms with E-state index in [0.29, 0.717) is 0 Å². The van der Waals surface area contributed by atoms with Gasteiger partial charge in [-0.3, -0.25) is 4.68 Å². The lowest BCUT2D eigenvalue weighted by molar-refractivity contribution is 0.689. The van der Waals surface area contributed by atoms with Gasteiger partial charge in [-0.05, 0) is 36.4 Å². The lowest BCUT2D eigenvalue weighted by atomic mass is 10.2. The van der Waals surface area contributed by atoms with Gasteiger partial charge in [0.2, 0.25) is 0 Å². The number of rotatable bonds is 5. The van der Waals surface area contributed by atoms with Crippen LogP contribution in [0.4, 0.5) is 0 Å². The molecule has 0 spiro atoms. The van der Waals surface area contributed by atoms with E-state index in [9.17, 15) is 0 Å². The standard InChI is InChI=1S/C15H18N4S/c1-11-14-8-12(10-17-15(14)19(2)18-11)9-16-6-5-13-4-3-7-20-13/h3-4,7-8,10,16H,5-6,9H2,1-2H3. The van der Waals surface area contributed by atoms with Gasteiger partial charge in [-0.2, -0.15) is 5.10 Å². The molecule has 0 amide bonds. The third-order valence-corrected chi connectivity index (χ3v) is 4.31. The molecule has 0 unspecified atom stereocenters. The van der Waals surface area contributed by atoms with E-state index in [0.717, 1.165) is 36.2 Å². The van der Waals surface area contributed by atoms with Gasteiger partial charge in [0.1, 0.15) is 0 Å². The minimum absolute atomic E-state index is 0.850. The number of nitrogens with one attached hydrogen (secondary N) is 1. The Hall–Kier alpha value is -1.72. The molecule has 3 rings (SSSR count). The van der Waals surface area contributed by atoms with Crippen molar-refractivity contribution in [3.8, 4) is 0 Å². The number of aryl methyl sites for hydroxylation is 2. The maximum atomic E-state index is 4.49. The molecule has 0 aliphatic carbocycles. The molecule has 0 atom stereocenters. The molecule has 0 bridgehead atoms. The molecule has 5 heteroatoms. The maximum Gasteiger partial charge on any atom is 0.157 e. The molecular weight excluding hydrogens is 268 g/mol. The summed E-state index contributed by atoms with van der Waals surface area (Å²) in [6.45, 7) is 3.87. The van der Waals surface area contributed by atoms with Crippen LogP contribution < -0.4 is 5.32 Å². The molecule has 0 aliphatic heterocycles. The molecule has 0 aliphatic rings. The predicted octanol–water partition coefficient (Wildman–Crippen LogP) is 2.67. The van der Waals surface area contributed by atoms with Gasteiger partial charge in [0, 0.05) is 36.6 Å². The highest BCUT2D eigenvalue weighted by Gasteiger charge is 2.06. The van der Waals surface area contributed by atoms with Crippen LogP contribution in [0.3, 0.4) is 0 Å². The molecule has 3 heterocycles. The first-order chi connectivity index (χ1) is 9.74. The first-order valence-electron chi connectivity index (χ1n) is 6.75. The fraction of sp³-hybridized carbons (Fsp3) is 0.333. The molecule has 1 N–H and O–H groups in total. The molecule has 4 nitrogen and oxygen atoms in total. The molecule has 20 heavy (non-hydrogen) atoms. The molecule has 104 valence electrons. The molecule has 0 aromatic carbocycles. The molecule has 0 radical (unpaired) electrons. The minimum atomic E-state index is 0.850. The van der Waals surface area contributed by atoms with Crippen molar-refractivity contribution in [3.05, 3.63) is 45.9 Å². The Balaban J connectivity index is 1.61. The number of hydrogen-bond acceptors (Lipinski definition) is 4. The van der Waals surface area contributed by atoms with Crippen LogP contribution in [0.15, 0.2) is 29.8 Å². The Morgan fingerprint density at radius 3 is 3.10 bits per heavy atom. The number of aromatic nitrogens is 3. The molecular formula is C15H18N4S. The zero-order valence-electron chi connectivity index (χ0n) is 11.8. The van der Waals surface area contributed by atoms with E-state index in [-0.39, 0.29) is 0 Å². The predicted molar refractivity (Wildman–Crippen MR) is 83.0 cm³/mol. The fourth-order valence-corrected chi connectivity index (χ4v) is 3.06. The van der Waals surface area contributed by atoms with Crippen LogP contribution in [-0.4, -0.2) is 21.3 Å². The van der Waals surface area contributed by atoms with Gasteiger partial charge in [0.05, 0.1) is 5.69 Å². The van der Waals surface area contributed by atoms with E-state index in [1.54, 1.807) is 0 Å². The highest BCUT2D eigenvalue weighted by atomic mass is 32.1. The van der Waals surface area contributed by atoms with Crippen LogP contribution in [0, 0.1) is 6.92 Å². The summed E-state index contributed by atoms with van der Waals surface area (Å²) in [5.41, 5.74) is 3.19. The van der Waals surface area contributed by atoms with Gasteiger partial charge < -0.3 is 5.32 Å². The molecule has 3 aromatic rings. The number of hydrogen-bond donors (Lipinski definition) is 1. The van der Waals surface area contributed by atoms with Crippen LogP contribution >= 0.6 is 11.3 Å². The third-order valence-electron chi connectivity index (χ3n) is 3.38. The number of nitrogens with zero attached hydrogens (tertiary/aromatic N) is 3. The monoisotopic (exact) mass is 286 g/mol. The van der Waals surface area contributed by atoms with Crippen molar-refractivity contribution < 1.29 is 0 Å². The van der Waals surface area contributed by atoms with Gasteiger partial charge in [0.25, 0.3) is 0 Å². The van der Waals surface area contributed by atoms with Gasteiger partial charge in [-0.15, -0.1) is 11.3 Å². The van der Waals surface area contributed by atoms with E-state index in [4.69, 9.17) is 0 Å². The van der Waals surface area contributed by atoms with Crippen molar-refractivity contribution in [2.75, 3.05) is 6.54 Å². The third kappa shape index (κ3) is 2.73. The molecule has 3 aromatic heterocycles. The Bertz CT molecular complexity index is 700. The van der Waals surface area contributed by atoms with Crippen molar-refractivity contribution in [2.45, 2.75) is 19.9 Å². The zero-order chi connectivity index (χ0) is 13.9. The Kier molecular flexibility index (Phi) is 3.80. The smallest absolute Gasteiger partial charge is 0.157 e. The quantitative estimate of drug-likeness (QED) is 0.733. The Morgan fingerprint density at radius 2 is 2.30 bits per heavy atom. The van der Waals surface area contributed by atoms with Crippen LogP contribution in [0.25, 0.3) is 11.0 Å². The number of thiophene rings is 1. The van der Waals surface area contributed by atoms with Gasteiger partial charge in [-0.25, -0.2) is 4.98 Å². The summed E-state index contributed by atoms with van der Waals surface area (Å²) in [5.74, 6) is 0. The largest absolute Gasteiger partial charge is 0.312 e.